The number of anilines is 1. The third-order valence-corrected chi connectivity index (χ3v) is 5.96. The largest absolute Gasteiger partial charge is 0.419 e. The van der Waals surface area contributed by atoms with E-state index in [9.17, 15) is 31.5 Å². The minimum absolute atomic E-state index is 0.00662. The van der Waals surface area contributed by atoms with Crippen LogP contribution in [0.4, 0.5) is 27.6 Å². The molecule has 1 aliphatic heterocycles. The molecular formula is C26H29F5N4O2. The number of rotatable bonds is 7. The lowest BCUT2D eigenvalue weighted by Crippen LogP contribution is -2.52. The van der Waals surface area contributed by atoms with Crippen LogP contribution in [-0.4, -0.2) is 52.1 Å². The Bertz CT molecular complexity index is 1250. The van der Waals surface area contributed by atoms with E-state index in [-0.39, 0.29) is 42.5 Å². The second-order valence-electron chi connectivity index (χ2n) is 9.37. The van der Waals surface area contributed by atoms with Crippen LogP contribution in [0.1, 0.15) is 56.1 Å². The summed E-state index contributed by atoms with van der Waals surface area (Å²) in [6.07, 6.45) is -2.39. The van der Waals surface area contributed by atoms with Gasteiger partial charge in [-0.3, -0.25) is 9.59 Å². The fourth-order valence-corrected chi connectivity index (χ4v) is 4.29. The van der Waals surface area contributed by atoms with Crippen molar-refractivity contribution in [3.05, 3.63) is 59.2 Å². The molecule has 2 aromatic rings. The molecule has 1 saturated heterocycles. The topological polar surface area (TPSA) is 58.4 Å². The van der Waals surface area contributed by atoms with E-state index in [0.29, 0.717) is 6.42 Å². The van der Waals surface area contributed by atoms with Gasteiger partial charge in [-0.1, -0.05) is 32.9 Å². The van der Waals surface area contributed by atoms with Gasteiger partial charge in [0.15, 0.2) is 17.3 Å². The Kier molecular flexibility index (Phi) is 8.24. The van der Waals surface area contributed by atoms with Crippen molar-refractivity contribution >= 4 is 29.3 Å². The molecule has 0 N–H and O–H groups in total. The zero-order valence-corrected chi connectivity index (χ0v) is 21.1. The van der Waals surface area contributed by atoms with Crippen molar-refractivity contribution in [3.63, 3.8) is 0 Å². The number of nitrogens with zero attached hydrogens (tertiary/aromatic N) is 4. The van der Waals surface area contributed by atoms with Crippen LogP contribution in [0.15, 0.2) is 30.4 Å². The maximum Gasteiger partial charge on any atom is 0.419 e. The number of halogens is 5. The highest BCUT2D eigenvalue weighted by molar-refractivity contribution is 6.01. The maximum atomic E-state index is 13.6. The molecule has 1 fully saturated rings. The normalized spacial score (nSPS) is 15.1. The molecule has 6 nitrogen and oxygen atoms in total. The first-order valence-corrected chi connectivity index (χ1v) is 11.8. The molecule has 37 heavy (non-hydrogen) atoms. The highest BCUT2D eigenvalue weighted by Gasteiger charge is 2.38. The Balaban J connectivity index is 1.96. The van der Waals surface area contributed by atoms with Crippen LogP contribution < -0.4 is 4.90 Å². The predicted octanol–water partition coefficient (Wildman–Crippen LogP) is 5.70. The van der Waals surface area contributed by atoms with E-state index in [0.717, 1.165) is 17.7 Å². The number of alkyl halides is 3. The van der Waals surface area contributed by atoms with Crippen LogP contribution in [-0.2, 0) is 11.2 Å². The number of allylic oxidation sites excluding steroid dienone is 2. The van der Waals surface area contributed by atoms with Crippen molar-refractivity contribution in [2.24, 2.45) is 5.92 Å². The minimum atomic E-state index is -4.76. The van der Waals surface area contributed by atoms with E-state index in [1.165, 1.54) is 20.4 Å². The molecule has 0 unspecified atom stereocenters. The summed E-state index contributed by atoms with van der Waals surface area (Å²) < 4.78 is 69.0. The van der Waals surface area contributed by atoms with Crippen LogP contribution in [0.2, 0.25) is 0 Å². The van der Waals surface area contributed by atoms with Crippen molar-refractivity contribution in [1.29, 1.82) is 0 Å². The summed E-state index contributed by atoms with van der Waals surface area (Å²) in [5.74, 6) is -3.63. The second-order valence-corrected chi connectivity index (χ2v) is 9.37. The lowest BCUT2D eigenvalue weighted by atomic mass is 10.1. The van der Waals surface area contributed by atoms with Gasteiger partial charge in [0, 0.05) is 31.0 Å². The summed E-state index contributed by atoms with van der Waals surface area (Å²) in [6, 6.07) is 3.05. The average molecular weight is 525 g/mol. The van der Waals surface area contributed by atoms with Gasteiger partial charge in [0.1, 0.15) is 12.4 Å². The third-order valence-electron chi connectivity index (χ3n) is 5.96. The molecule has 0 aliphatic carbocycles. The van der Waals surface area contributed by atoms with Gasteiger partial charge in [-0.15, -0.1) is 0 Å². The molecule has 3 rings (SSSR count). The fourth-order valence-electron chi connectivity index (χ4n) is 4.29. The van der Waals surface area contributed by atoms with Gasteiger partial charge in [0.05, 0.1) is 11.3 Å². The number of hydrogen-bond acceptors (Lipinski definition) is 3. The summed E-state index contributed by atoms with van der Waals surface area (Å²) in [6.45, 7) is 10.2. The van der Waals surface area contributed by atoms with Crippen LogP contribution >= 0.6 is 0 Å². The Morgan fingerprint density at radius 2 is 1.86 bits per heavy atom. The minimum Gasteiger partial charge on any atom is -0.326 e. The number of piperazine rings is 1. The van der Waals surface area contributed by atoms with Crippen molar-refractivity contribution in [3.8, 4) is 0 Å². The molecule has 200 valence electrons. The average Bonchev–Trinajstić information content (AvgIpc) is 3.16. The van der Waals surface area contributed by atoms with Gasteiger partial charge in [-0.05, 0) is 37.8 Å². The Morgan fingerprint density at radius 3 is 2.41 bits per heavy atom. The lowest BCUT2D eigenvalue weighted by molar-refractivity contribution is -0.120. The van der Waals surface area contributed by atoms with Crippen LogP contribution in [0.3, 0.4) is 0 Å². The molecule has 0 atom stereocenters. The molecule has 11 heteroatoms. The van der Waals surface area contributed by atoms with E-state index < -0.39 is 47.6 Å². The van der Waals surface area contributed by atoms with Crippen molar-refractivity contribution in [2.75, 3.05) is 24.5 Å². The predicted molar refractivity (Wildman–Crippen MR) is 131 cm³/mol. The highest BCUT2D eigenvalue weighted by Crippen LogP contribution is 2.34. The molecule has 0 spiro atoms. The monoisotopic (exact) mass is 524 g/mol. The second kappa shape index (κ2) is 10.9. The molecule has 1 aromatic heterocycles. The number of benzene rings is 1. The van der Waals surface area contributed by atoms with Crippen molar-refractivity contribution in [1.82, 2.24) is 14.5 Å². The van der Waals surface area contributed by atoms with E-state index >= 15 is 0 Å². The number of carbonyl (C=O) groups excluding carboxylic acids is 2. The smallest absolute Gasteiger partial charge is 0.326 e. The first kappa shape index (κ1) is 28.1. The zero-order chi connectivity index (χ0) is 27.7. The SMILES string of the molecule is C=C(c1nc(C(=O)N2CCN(c3ccc(F)c(F)c3)C(=O)C2)c(CC)n1/C=C(\C)CC(C)C)C(F)(F)F. The Morgan fingerprint density at radius 1 is 1.19 bits per heavy atom. The van der Waals surface area contributed by atoms with E-state index in [1.54, 1.807) is 20.0 Å². The molecular weight excluding hydrogens is 495 g/mol. The molecule has 1 aliphatic rings. The number of amides is 2. The van der Waals surface area contributed by atoms with Gasteiger partial charge < -0.3 is 14.4 Å². The molecule has 2 amide bonds. The van der Waals surface area contributed by atoms with Crippen LogP contribution in [0.25, 0.3) is 11.8 Å². The van der Waals surface area contributed by atoms with E-state index in [2.05, 4.69) is 11.6 Å². The standard InChI is InChI=1S/C26H29F5N4O2/c1-6-21-23(32-24(17(5)26(29,30)31)35(21)13-16(4)11-15(2)3)25(37)33-9-10-34(22(36)14-33)18-7-8-19(27)20(28)12-18/h7-8,12-13,15H,5-6,9-11,14H2,1-4H3/b16-13+. The third kappa shape index (κ3) is 6.08. The summed E-state index contributed by atoms with van der Waals surface area (Å²) in [5.41, 5.74) is -0.166. The molecule has 0 radical (unpaired) electrons. The lowest BCUT2D eigenvalue weighted by Gasteiger charge is -2.34. The molecule has 0 bridgehead atoms. The van der Waals surface area contributed by atoms with Crippen molar-refractivity contribution < 1.29 is 31.5 Å². The van der Waals surface area contributed by atoms with Gasteiger partial charge in [0.2, 0.25) is 5.91 Å². The first-order valence-electron chi connectivity index (χ1n) is 11.8. The van der Waals surface area contributed by atoms with Gasteiger partial charge in [-0.25, -0.2) is 13.8 Å². The fraction of sp³-hybridized carbons (Fsp3) is 0.423. The van der Waals surface area contributed by atoms with Gasteiger partial charge >= 0.3 is 6.18 Å². The quantitative estimate of drug-likeness (QED) is 0.437. The van der Waals surface area contributed by atoms with E-state index in [1.807, 2.05) is 13.8 Å². The highest BCUT2D eigenvalue weighted by atomic mass is 19.4. The first-order chi connectivity index (χ1) is 17.2. The molecule has 2 heterocycles. The van der Waals surface area contributed by atoms with Crippen LogP contribution in [0, 0.1) is 17.6 Å². The number of hydrogen-bond donors (Lipinski definition) is 0. The summed E-state index contributed by atoms with van der Waals surface area (Å²) in [7, 11) is 0. The maximum absolute atomic E-state index is 13.6. The Hall–Kier alpha value is -3.50. The number of aromatic nitrogens is 2. The number of imidazole rings is 1. The summed E-state index contributed by atoms with van der Waals surface area (Å²) >= 11 is 0. The number of carbonyl (C=O) groups is 2. The van der Waals surface area contributed by atoms with Crippen molar-refractivity contribution in [2.45, 2.75) is 46.7 Å². The Labute approximate surface area is 212 Å². The van der Waals surface area contributed by atoms with Gasteiger partial charge in [-0.2, -0.15) is 13.2 Å². The van der Waals surface area contributed by atoms with Gasteiger partial charge in [0.25, 0.3) is 5.91 Å². The summed E-state index contributed by atoms with van der Waals surface area (Å²) in [4.78, 5) is 32.7. The van der Waals surface area contributed by atoms with Crippen LogP contribution in [0.5, 0.6) is 0 Å². The zero-order valence-electron chi connectivity index (χ0n) is 21.1. The molecule has 1 aromatic carbocycles. The summed E-state index contributed by atoms with van der Waals surface area (Å²) in [5, 5.41) is 0. The van der Waals surface area contributed by atoms with E-state index in [4.69, 9.17) is 0 Å². The molecule has 0 saturated carbocycles.